The molecule has 1 aromatic carbocycles. The Bertz CT molecular complexity index is 631. The van der Waals surface area contributed by atoms with E-state index >= 15 is 0 Å². The summed E-state index contributed by atoms with van der Waals surface area (Å²) in [4.78, 5) is 31.1. The zero-order valence-electron chi connectivity index (χ0n) is 10.7. The maximum atomic E-state index is 11.7. The number of hydrogen-bond donors (Lipinski definition) is 1. The normalized spacial score (nSPS) is 11.7. The smallest absolute Gasteiger partial charge is 0.332 e. The predicted molar refractivity (Wildman–Crippen MR) is 68.2 cm³/mol. The van der Waals surface area contributed by atoms with E-state index in [-0.39, 0.29) is 11.8 Å². The third-order valence-corrected chi connectivity index (χ3v) is 2.42. The quantitative estimate of drug-likeness (QED) is 0.880. The molecule has 0 aliphatic carbocycles. The average molecular weight is 248 g/mol. The molecule has 96 valence electrons. The first-order valence-corrected chi connectivity index (χ1v) is 5.78. The van der Waals surface area contributed by atoms with Gasteiger partial charge in [0.2, 0.25) is 0 Å². The van der Waals surface area contributed by atoms with Gasteiger partial charge < -0.3 is 9.82 Å². The Morgan fingerprint density at radius 1 is 1.33 bits per heavy atom. The standard InChI is InChI=1S/C13H16N2O3/c1-13(2,3)8-11(16)18-15-10-7-5-4-6-9(10)14-12(15)17/h4-7H,8H2,1-3H3,(H,14,17). The molecule has 1 N–H and O–H groups in total. The lowest BCUT2D eigenvalue weighted by Gasteiger charge is -2.16. The van der Waals surface area contributed by atoms with Crippen molar-refractivity contribution in [3.05, 3.63) is 34.7 Å². The number of nitrogens with zero attached hydrogens (tertiary/aromatic N) is 1. The van der Waals surface area contributed by atoms with Gasteiger partial charge in [0.15, 0.2) is 0 Å². The van der Waals surface area contributed by atoms with Crippen LogP contribution in [0.1, 0.15) is 27.2 Å². The Morgan fingerprint density at radius 3 is 2.67 bits per heavy atom. The van der Waals surface area contributed by atoms with Gasteiger partial charge in [0.25, 0.3) is 0 Å². The third-order valence-electron chi connectivity index (χ3n) is 2.42. The lowest BCUT2D eigenvalue weighted by atomic mass is 9.93. The highest BCUT2D eigenvalue weighted by Gasteiger charge is 2.19. The molecule has 2 rings (SSSR count). The maximum absolute atomic E-state index is 11.7. The summed E-state index contributed by atoms with van der Waals surface area (Å²) in [6.07, 6.45) is 0.249. The minimum absolute atomic E-state index is 0.174. The number of aromatic nitrogens is 2. The number of nitrogens with one attached hydrogen (secondary N) is 1. The van der Waals surface area contributed by atoms with Crippen LogP contribution in [0.4, 0.5) is 0 Å². The van der Waals surface area contributed by atoms with Gasteiger partial charge in [-0.2, -0.15) is 0 Å². The highest BCUT2D eigenvalue weighted by molar-refractivity contribution is 5.76. The lowest BCUT2D eigenvalue weighted by molar-refractivity contribution is -0.146. The Labute approximate surface area is 104 Å². The molecule has 0 fully saturated rings. The average Bonchev–Trinajstić information content (AvgIpc) is 2.53. The SMILES string of the molecule is CC(C)(C)CC(=O)On1c(=O)[nH]c2ccccc21. The van der Waals surface area contributed by atoms with Crippen molar-refractivity contribution >= 4 is 17.0 Å². The van der Waals surface area contributed by atoms with Gasteiger partial charge in [0, 0.05) is 0 Å². The Kier molecular flexibility index (Phi) is 2.98. The van der Waals surface area contributed by atoms with Gasteiger partial charge >= 0.3 is 11.7 Å². The molecule has 0 bridgehead atoms. The van der Waals surface area contributed by atoms with Crippen molar-refractivity contribution in [3.63, 3.8) is 0 Å². The van der Waals surface area contributed by atoms with Crippen LogP contribution in [0.25, 0.3) is 11.0 Å². The predicted octanol–water partition coefficient (Wildman–Crippen LogP) is 1.72. The summed E-state index contributed by atoms with van der Waals surface area (Å²) in [5, 5.41) is 0. The summed E-state index contributed by atoms with van der Waals surface area (Å²) in [7, 11) is 0. The van der Waals surface area contributed by atoms with Crippen molar-refractivity contribution in [1.29, 1.82) is 0 Å². The monoisotopic (exact) mass is 248 g/mol. The molecule has 5 heteroatoms. The number of para-hydroxylation sites is 2. The van der Waals surface area contributed by atoms with Crippen LogP contribution >= 0.6 is 0 Å². The van der Waals surface area contributed by atoms with Gasteiger partial charge in [-0.05, 0) is 17.5 Å². The van der Waals surface area contributed by atoms with Crippen LogP contribution in [0, 0.1) is 5.41 Å². The molecule has 0 radical (unpaired) electrons. The minimum Gasteiger partial charge on any atom is -0.332 e. The zero-order chi connectivity index (χ0) is 13.3. The van der Waals surface area contributed by atoms with Gasteiger partial charge in [0.05, 0.1) is 11.9 Å². The van der Waals surface area contributed by atoms with Crippen LogP contribution in [0.2, 0.25) is 0 Å². The van der Waals surface area contributed by atoms with E-state index in [0.29, 0.717) is 11.0 Å². The number of carbonyl (C=O) groups excluding carboxylic acids is 1. The van der Waals surface area contributed by atoms with Gasteiger partial charge in [0.1, 0.15) is 5.52 Å². The molecule has 0 aliphatic heterocycles. The second kappa shape index (κ2) is 4.33. The minimum atomic E-state index is -0.446. The van der Waals surface area contributed by atoms with Crippen LogP contribution in [-0.4, -0.2) is 15.7 Å². The second-order valence-electron chi connectivity index (χ2n) is 5.44. The number of aromatic amines is 1. The Balaban J connectivity index is 2.30. The molecule has 0 atom stereocenters. The van der Waals surface area contributed by atoms with E-state index in [9.17, 15) is 9.59 Å². The molecule has 0 spiro atoms. The maximum Gasteiger partial charge on any atom is 0.360 e. The van der Waals surface area contributed by atoms with Gasteiger partial charge in [-0.3, -0.25) is 0 Å². The lowest BCUT2D eigenvalue weighted by Crippen LogP contribution is -2.31. The third kappa shape index (κ3) is 2.61. The first kappa shape index (κ1) is 12.4. The molecule has 0 aliphatic rings. The van der Waals surface area contributed by atoms with Crippen molar-refractivity contribution < 1.29 is 9.63 Å². The van der Waals surface area contributed by atoms with E-state index in [1.165, 1.54) is 0 Å². The van der Waals surface area contributed by atoms with E-state index in [0.717, 1.165) is 4.73 Å². The molecular weight excluding hydrogens is 232 g/mol. The fourth-order valence-electron chi connectivity index (χ4n) is 1.69. The van der Waals surface area contributed by atoms with Gasteiger partial charge in [-0.15, -0.1) is 4.73 Å². The molecule has 0 saturated carbocycles. The fraction of sp³-hybridized carbons (Fsp3) is 0.385. The number of carbonyl (C=O) groups is 1. The molecule has 5 nitrogen and oxygen atoms in total. The molecule has 1 aromatic heterocycles. The molecular formula is C13H16N2O3. The fourth-order valence-corrected chi connectivity index (χ4v) is 1.69. The number of H-pyrrole nitrogens is 1. The van der Waals surface area contributed by atoms with Gasteiger partial charge in [-0.25, -0.2) is 9.59 Å². The van der Waals surface area contributed by atoms with Crippen molar-refractivity contribution in [2.75, 3.05) is 0 Å². The van der Waals surface area contributed by atoms with Crippen molar-refractivity contribution in [2.45, 2.75) is 27.2 Å². The second-order valence-corrected chi connectivity index (χ2v) is 5.44. The number of fused-ring (bicyclic) bond motifs is 1. The summed E-state index contributed by atoms with van der Waals surface area (Å²) >= 11 is 0. The Morgan fingerprint density at radius 2 is 2.00 bits per heavy atom. The Hall–Kier alpha value is -2.04. The molecule has 1 heterocycles. The summed E-state index contributed by atoms with van der Waals surface area (Å²) in [5.74, 6) is -0.422. The van der Waals surface area contributed by atoms with Crippen LogP contribution in [0.5, 0.6) is 0 Å². The molecule has 0 unspecified atom stereocenters. The zero-order valence-corrected chi connectivity index (χ0v) is 10.7. The summed E-state index contributed by atoms with van der Waals surface area (Å²) in [6, 6.07) is 7.06. The largest absolute Gasteiger partial charge is 0.360 e. The summed E-state index contributed by atoms with van der Waals surface area (Å²) in [6.45, 7) is 5.81. The van der Waals surface area contributed by atoms with Gasteiger partial charge in [-0.1, -0.05) is 32.9 Å². The van der Waals surface area contributed by atoms with Crippen molar-refractivity contribution in [1.82, 2.24) is 9.71 Å². The van der Waals surface area contributed by atoms with E-state index in [1.807, 2.05) is 20.8 Å². The first-order chi connectivity index (χ1) is 8.37. The van der Waals surface area contributed by atoms with Crippen molar-refractivity contribution in [2.24, 2.45) is 5.41 Å². The van der Waals surface area contributed by atoms with Crippen LogP contribution < -0.4 is 10.5 Å². The summed E-state index contributed by atoms with van der Waals surface area (Å²) in [5.41, 5.74) is 0.585. The number of hydrogen-bond acceptors (Lipinski definition) is 3. The molecule has 2 aromatic rings. The van der Waals surface area contributed by atoms with Crippen LogP contribution in [-0.2, 0) is 4.79 Å². The highest BCUT2D eigenvalue weighted by atomic mass is 16.7. The molecule has 18 heavy (non-hydrogen) atoms. The number of imidazole rings is 1. The van der Waals surface area contributed by atoms with E-state index in [1.54, 1.807) is 24.3 Å². The highest BCUT2D eigenvalue weighted by Crippen LogP contribution is 2.18. The van der Waals surface area contributed by atoms with E-state index in [4.69, 9.17) is 4.84 Å². The number of rotatable bonds is 2. The number of benzene rings is 1. The van der Waals surface area contributed by atoms with E-state index < -0.39 is 11.7 Å². The van der Waals surface area contributed by atoms with Crippen LogP contribution in [0.15, 0.2) is 29.1 Å². The van der Waals surface area contributed by atoms with Crippen LogP contribution in [0.3, 0.4) is 0 Å². The molecule has 0 saturated heterocycles. The van der Waals surface area contributed by atoms with Crippen molar-refractivity contribution in [3.8, 4) is 0 Å². The van der Waals surface area contributed by atoms with E-state index in [2.05, 4.69) is 4.98 Å². The molecule has 0 amide bonds. The first-order valence-electron chi connectivity index (χ1n) is 5.78. The topological polar surface area (TPSA) is 64.1 Å². The summed E-state index contributed by atoms with van der Waals surface area (Å²) < 4.78 is 1.00.